The van der Waals surface area contributed by atoms with Crippen molar-refractivity contribution in [1.29, 1.82) is 0 Å². The van der Waals surface area contributed by atoms with Gasteiger partial charge in [-0.15, -0.1) is 0 Å². The Labute approximate surface area is 102 Å². The van der Waals surface area contributed by atoms with Gasteiger partial charge in [-0.25, -0.2) is 0 Å². The highest BCUT2D eigenvalue weighted by Gasteiger charge is 2.34. The minimum Gasteiger partial charge on any atom is -0.466 e. The molecule has 0 radical (unpaired) electrons. The highest BCUT2D eigenvalue weighted by molar-refractivity contribution is 5.73. The summed E-state index contributed by atoms with van der Waals surface area (Å²) in [7, 11) is 0. The molecule has 98 valence electrons. The molecular weight excluding hydrogens is 220 g/mol. The Morgan fingerprint density at radius 1 is 1.41 bits per heavy atom. The number of rotatable bonds is 4. The SMILES string of the molecule is CCOC(=O)CC1(N)CCC(NC(C)=O)CC1. The Morgan fingerprint density at radius 2 is 2.00 bits per heavy atom. The van der Waals surface area contributed by atoms with E-state index < -0.39 is 5.54 Å². The first-order valence-electron chi connectivity index (χ1n) is 6.17. The van der Waals surface area contributed by atoms with Gasteiger partial charge in [0.1, 0.15) is 0 Å². The monoisotopic (exact) mass is 242 g/mol. The molecular formula is C12H22N2O3. The minimum atomic E-state index is -0.457. The fourth-order valence-electron chi connectivity index (χ4n) is 2.30. The largest absolute Gasteiger partial charge is 0.466 e. The standard InChI is InChI=1S/C12H22N2O3/c1-3-17-11(16)8-12(13)6-4-10(5-7-12)14-9(2)15/h10H,3-8,13H2,1-2H3,(H,14,15). The maximum atomic E-state index is 11.4. The van der Waals surface area contributed by atoms with Crippen molar-refractivity contribution in [2.75, 3.05) is 6.61 Å². The molecule has 0 bridgehead atoms. The minimum absolute atomic E-state index is 0.00934. The number of esters is 1. The summed E-state index contributed by atoms with van der Waals surface area (Å²) < 4.78 is 4.91. The fraction of sp³-hybridized carbons (Fsp3) is 0.833. The van der Waals surface area contributed by atoms with E-state index in [1.165, 1.54) is 6.92 Å². The third-order valence-electron chi connectivity index (χ3n) is 3.19. The van der Waals surface area contributed by atoms with Gasteiger partial charge in [-0.1, -0.05) is 0 Å². The van der Waals surface area contributed by atoms with Gasteiger partial charge in [-0.3, -0.25) is 9.59 Å². The molecule has 5 nitrogen and oxygen atoms in total. The van der Waals surface area contributed by atoms with Gasteiger partial charge in [0.25, 0.3) is 0 Å². The lowest BCUT2D eigenvalue weighted by Gasteiger charge is -2.36. The summed E-state index contributed by atoms with van der Waals surface area (Å²) >= 11 is 0. The van der Waals surface area contributed by atoms with Crippen LogP contribution in [0.15, 0.2) is 0 Å². The zero-order valence-electron chi connectivity index (χ0n) is 10.6. The molecule has 1 saturated carbocycles. The number of nitrogens with two attached hydrogens (primary N) is 1. The van der Waals surface area contributed by atoms with Crippen molar-refractivity contribution in [3.63, 3.8) is 0 Å². The van der Waals surface area contributed by atoms with E-state index in [-0.39, 0.29) is 24.3 Å². The molecule has 0 spiro atoms. The highest BCUT2D eigenvalue weighted by Crippen LogP contribution is 2.29. The summed E-state index contributed by atoms with van der Waals surface area (Å²) in [6, 6.07) is 0.200. The zero-order valence-corrected chi connectivity index (χ0v) is 10.6. The van der Waals surface area contributed by atoms with Crippen LogP contribution in [-0.4, -0.2) is 30.1 Å². The molecule has 1 amide bonds. The molecule has 0 unspecified atom stereocenters. The van der Waals surface area contributed by atoms with E-state index in [0.29, 0.717) is 6.61 Å². The summed E-state index contributed by atoms with van der Waals surface area (Å²) in [4.78, 5) is 22.3. The van der Waals surface area contributed by atoms with Crippen molar-refractivity contribution in [3.05, 3.63) is 0 Å². The first kappa shape index (κ1) is 14.0. The van der Waals surface area contributed by atoms with Gasteiger partial charge >= 0.3 is 5.97 Å². The van der Waals surface area contributed by atoms with E-state index in [9.17, 15) is 9.59 Å². The second-order valence-corrected chi connectivity index (χ2v) is 4.82. The van der Waals surface area contributed by atoms with E-state index in [4.69, 9.17) is 10.5 Å². The van der Waals surface area contributed by atoms with Gasteiger partial charge in [-0.2, -0.15) is 0 Å². The molecule has 3 N–H and O–H groups in total. The Morgan fingerprint density at radius 3 is 2.47 bits per heavy atom. The number of nitrogens with one attached hydrogen (secondary N) is 1. The molecule has 1 rings (SSSR count). The molecule has 17 heavy (non-hydrogen) atoms. The first-order valence-corrected chi connectivity index (χ1v) is 6.17. The summed E-state index contributed by atoms with van der Waals surface area (Å²) in [5.74, 6) is -0.238. The second-order valence-electron chi connectivity index (χ2n) is 4.82. The number of hydrogen-bond donors (Lipinski definition) is 2. The van der Waals surface area contributed by atoms with E-state index in [1.54, 1.807) is 6.92 Å². The molecule has 5 heteroatoms. The van der Waals surface area contributed by atoms with Gasteiger partial charge in [0.15, 0.2) is 0 Å². The van der Waals surface area contributed by atoms with Crippen LogP contribution in [0.25, 0.3) is 0 Å². The molecule has 0 aromatic rings. The lowest BCUT2D eigenvalue weighted by Crippen LogP contribution is -2.49. The molecule has 0 aromatic heterocycles. The molecule has 0 saturated heterocycles. The third kappa shape index (κ3) is 4.73. The van der Waals surface area contributed by atoms with Crippen LogP contribution >= 0.6 is 0 Å². The summed E-state index contributed by atoms with van der Waals surface area (Å²) in [5.41, 5.74) is 5.71. The van der Waals surface area contributed by atoms with Crippen LogP contribution in [0.4, 0.5) is 0 Å². The van der Waals surface area contributed by atoms with Crippen LogP contribution in [0.1, 0.15) is 46.0 Å². The summed E-state index contributed by atoms with van der Waals surface area (Å²) in [6.45, 7) is 3.70. The van der Waals surface area contributed by atoms with E-state index in [2.05, 4.69) is 5.32 Å². The van der Waals surface area contributed by atoms with Gasteiger partial charge < -0.3 is 15.8 Å². The van der Waals surface area contributed by atoms with E-state index in [0.717, 1.165) is 25.7 Å². The number of carbonyl (C=O) groups is 2. The molecule has 1 aliphatic rings. The molecule has 0 atom stereocenters. The Bertz CT molecular complexity index is 283. The predicted molar refractivity (Wildman–Crippen MR) is 64.2 cm³/mol. The first-order chi connectivity index (χ1) is 7.95. The Hall–Kier alpha value is -1.10. The van der Waals surface area contributed by atoms with E-state index >= 15 is 0 Å². The van der Waals surface area contributed by atoms with Gasteiger partial charge in [0.2, 0.25) is 5.91 Å². The molecule has 1 aliphatic carbocycles. The predicted octanol–water partition coefficient (Wildman–Crippen LogP) is 0.716. The van der Waals surface area contributed by atoms with Crippen LogP contribution in [-0.2, 0) is 14.3 Å². The lowest BCUT2D eigenvalue weighted by molar-refractivity contribution is -0.145. The third-order valence-corrected chi connectivity index (χ3v) is 3.19. The Balaban J connectivity index is 2.38. The summed E-state index contributed by atoms with van der Waals surface area (Å²) in [5, 5.41) is 2.89. The molecule has 0 heterocycles. The van der Waals surface area contributed by atoms with Gasteiger partial charge in [0, 0.05) is 18.5 Å². The van der Waals surface area contributed by atoms with Gasteiger partial charge in [-0.05, 0) is 32.6 Å². The van der Waals surface area contributed by atoms with Crippen LogP contribution in [0, 0.1) is 0 Å². The summed E-state index contributed by atoms with van der Waals surface area (Å²) in [6.07, 6.45) is 3.42. The smallest absolute Gasteiger partial charge is 0.307 e. The zero-order chi connectivity index (χ0) is 12.9. The van der Waals surface area contributed by atoms with Crippen molar-refractivity contribution in [3.8, 4) is 0 Å². The maximum Gasteiger partial charge on any atom is 0.307 e. The highest BCUT2D eigenvalue weighted by atomic mass is 16.5. The van der Waals surface area contributed by atoms with Crippen molar-refractivity contribution in [1.82, 2.24) is 5.32 Å². The average molecular weight is 242 g/mol. The number of carbonyl (C=O) groups excluding carboxylic acids is 2. The molecule has 0 aliphatic heterocycles. The van der Waals surface area contributed by atoms with Crippen LogP contribution in [0.3, 0.4) is 0 Å². The number of ether oxygens (including phenoxy) is 1. The molecule has 1 fully saturated rings. The number of amides is 1. The van der Waals surface area contributed by atoms with Gasteiger partial charge in [0.05, 0.1) is 13.0 Å². The van der Waals surface area contributed by atoms with Crippen molar-refractivity contribution >= 4 is 11.9 Å². The van der Waals surface area contributed by atoms with Crippen molar-refractivity contribution in [2.45, 2.75) is 57.5 Å². The van der Waals surface area contributed by atoms with Crippen molar-refractivity contribution in [2.24, 2.45) is 5.73 Å². The second kappa shape index (κ2) is 6.00. The number of hydrogen-bond acceptors (Lipinski definition) is 4. The lowest BCUT2D eigenvalue weighted by atomic mass is 9.78. The maximum absolute atomic E-state index is 11.4. The van der Waals surface area contributed by atoms with Crippen LogP contribution in [0.2, 0.25) is 0 Å². The van der Waals surface area contributed by atoms with Crippen LogP contribution < -0.4 is 11.1 Å². The normalized spacial score (nSPS) is 28.5. The topological polar surface area (TPSA) is 81.4 Å². The Kier molecular flexibility index (Phi) is 4.93. The molecule has 0 aromatic carbocycles. The average Bonchev–Trinajstić information content (AvgIpc) is 2.21. The fourth-order valence-corrected chi connectivity index (χ4v) is 2.30. The van der Waals surface area contributed by atoms with E-state index in [1.807, 2.05) is 0 Å². The van der Waals surface area contributed by atoms with Crippen LogP contribution in [0.5, 0.6) is 0 Å². The van der Waals surface area contributed by atoms with Crippen molar-refractivity contribution < 1.29 is 14.3 Å². The quantitative estimate of drug-likeness (QED) is 0.712.